The molecule has 4 nitrogen and oxygen atoms in total. The standard InChI is InChI=1S/C26H24N2O2/c1-30-26(29)23-14-21(19-10-11-19)16-27-24(23)15-20-8-5-9-25-22(20)12-13-28(25)17-18-6-3-2-4-7-18/h2-9,12-14,16,19H,10-11,15,17H2,1H3. The van der Waals surface area contributed by atoms with Crippen molar-refractivity contribution in [2.24, 2.45) is 0 Å². The van der Waals surface area contributed by atoms with Crippen molar-refractivity contribution in [3.8, 4) is 0 Å². The fourth-order valence-electron chi connectivity index (χ4n) is 4.12. The summed E-state index contributed by atoms with van der Waals surface area (Å²) in [5.74, 6) is 0.235. The normalized spacial score (nSPS) is 13.5. The van der Waals surface area contributed by atoms with Crippen molar-refractivity contribution in [1.82, 2.24) is 9.55 Å². The molecule has 0 spiro atoms. The predicted octanol–water partition coefficient (Wildman–Crippen LogP) is 5.34. The first kappa shape index (κ1) is 18.6. The molecule has 0 amide bonds. The minimum Gasteiger partial charge on any atom is -0.465 e. The van der Waals surface area contributed by atoms with Gasteiger partial charge in [-0.2, -0.15) is 0 Å². The average Bonchev–Trinajstić information content (AvgIpc) is 3.56. The lowest BCUT2D eigenvalue weighted by molar-refractivity contribution is 0.0599. The summed E-state index contributed by atoms with van der Waals surface area (Å²) in [6, 6.07) is 20.9. The van der Waals surface area contributed by atoms with Crippen LogP contribution in [-0.4, -0.2) is 22.6 Å². The van der Waals surface area contributed by atoms with Crippen LogP contribution in [0.15, 0.2) is 73.1 Å². The van der Waals surface area contributed by atoms with Crippen molar-refractivity contribution in [3.05, 3.63) is 101 Å². The number of pyridine rings is 1. The van der Waals surface area contributed by atoms with E-state index in [-0.39, 0.29) is 5.97 Å². The molecule has 4 aromatic rings. The van der Waals surface area contributed by atoms with Crippen LogP contribution >= 0.6 is 0 Å². The number of fused-ring (bicyclic) bond motifs is 1. The van der Waals surface area contributed by atoms with Crippen LogP contribution in [0.1, 0.15) is 51.5 Å². The molecule has 1 aliphatic carbocycles. The Morgan fingerprint density at radius 3 is 2.70 bits per heavy atom. The second-order valence-electron chi connectivity index (χ2n) is 7.98. The number of aromatic nitrogens is 2. The van der Waals surface area contributed by atoms with Crippen molar-refractivity contribution in [2.75, 3.05) is 7.11 Å². The zero-order valence-electron chi connectivity index (χ0n) is 17.0. The summed E-state index contributed by atoms with van der Waals surface area (Å²) in [5, 5.41) is 1.19. The quantitative estimate of drug-likeness (QED) is 0.413. The number of ether oxygens (including phenoxy) is 1. The summed E-state index contributed by atoms with van der Waals surface area (Å²) in [4.78, 5) is 17.1. The molecule has 2 aromatic carbocycles. The van der Waals surface area contributed by atoms with Gasteiger partial charge in [0.15, 0.2) is 0 Å². The number of nitrogens with zero attached hydrogens (tertiary/aromatic N) is 2. The maximum absolute atomic E-state index is 12.4. The van der Waals surface area contributed by atoms with Crippen molar-refractivity contribution in [2.45, 2.75) is 31.7 Å². The van der Waals surface area contributed by atoms with Gasteiger partial charge in [0, 0.05) is 36.3 Å². The van der Waals surface area contributed by atoms with E-state index in [1.165, 1.54) is 36.4 Å². The van der Waals surface area contributed by atoms with Crippen LogP contribution in [-0.2, 0) is 17.7 Å². The Morgan fingerprint density at radius 1 is 1.10 bits per heavy atom. The van der Waals surface area contributed by atoms with E-state index in [1.54, 1.807) is 0 Å². The third-order valence-electron chi connectivity index (χ3n) is 5.90. The van der Waals surface area contributed by atoms with Gasteiger partial charge in [0.1, 0.15) is 0 Å². The Bertz CT molecular complexity index is 1210. The molecule has 0 unspecified atom stereocenters. The molecule has 1 aliphatic rings. The van der Waals surface area contributed by atoms with Crippen LogP contribution in [0.4, 0.5) is 0 Å². The smallest absolute Gasteiger partial charge is 0.339 e. The number of esters is 1. The van der Waals surface area contributed by atoms with Gasteiger partial charge in [0.05, 0.1) is 18.4 Å². The second kappa shape index (κ2) is 7.79. The number of hydrogen-bond acceptors (Lipinski definition) is 3. The highest BCUT2D eigenvalue weighted by molar-refractivity contribution is 5.91. The first-order valence-corrected chi connectivity index (χ1v) is 10.4. The third-order valence-corrected chi connectivity index (χ3v) is 5.90. The fraction of sp³-hybridized carbons (Fsp3) is 0.231. The number of carbonyl (C=O) groups is 1. The molecule has 0 N–H and O–H groups in total. The number of rotatable bonds is 6. The Labute approximate surface area is 176 Å². The predicted molar refractivity (Wildman–Crippen MR) is 118 cm³/mol. The Hall–Kier alpha value is -3.40. The highest BCUT2D eigenvalue weighted by Crippen LogP contribution is 2.40. The maximum atomic E-state index is 12.4. The van der Waals surface area contributed by atoms with Crippen molar-refractivity contribution in [3.63, 3.8) is 0 Å². The van der Waals surface area contributed by atoms with E-state index >= 15 is 0 Å². The largest absolute Gasteiger partial charge is 0.465 e. The minimum absolute atomic E-state index is 0.311. The van der Waals surface area contributed by atoms with Crippen molar-refractivity contribution < 1.29 is 9.53 Å². The summed E-state index contributed by atoms with van der Waals surface area (Å²) < 4.78 is 7.31. The highest BCUT2D eigenvalue weighted by Gasteiger charge is 2.26. The van der Waals surface area contributed by atoms with Crippen LogP contribution in [0, 0.1) is 0 Å². The van der Waals surface area contributed by atoms with E-state index in [9.17, 15) is 4.79 Å². The van der Waals surface area contributed by atoms with Gasteiger partial charge in [-0.05, 0) is 53.6 Å². The molecule has 2 aromatic heterocycles. The molecule has 1 saturated carbocycles. The molecule has 150 valence electrons. The molecular formula is C26H24N2O2. The summed E-state index contributed by atoms with van der Waals surface area (Å²) in [6.07, 6.45) is 7.01. The van der Waals surface area contributed by atoms with Gasteiger partial charge in [-0.3, -0.25) is 4.98 Å². The SMILES string of the molecule is COC(=O)c1cc(C2CC2)cnc1Cc1cccc2c1ccn2Cc1ccccc1. The summed E-state index contributed by atoms with van der Waals surface area (Å²) in [6.45, 7) is 0.829. The van der Waals surface area contributed by atoms with E-state index in [1.807, 2.05) is 18.3 Å². The lowest BCUT2D eigenvalue weighted by Gasteiger charge is -2.11. The summed E-state index contributed by atoms with van der Waals surface area (Å²) in [7, 11) is 1.43. The number of hydrogen-bond donors (Lipinski definition) is 0. The topological polar surface area (TPSA) is 44.1 Å². The van der Waals surface area contributed by atoms with Gasteiger partial charge >= 0.3 is 5.97 Å². The summed E-state index contributed by atoms with van der Waals surface area (Å²) >= 11 is 0. The van der Waals surface area contributed by atoms with Crippen LogP contribution in [0.5, 0.6) is 0 Å². The Balaban J connectivity index is 1.49. The van der Waals surface area contributed by atoms with Gasteiger partial charge in [-0.15, -0.1) is 0 Å². The van der Waals surface area contributed by atoms with Crippen LogP contribution in [0.2, 0.25) is 0 Å². The van der Waals surface area contributed by atoms with Crippen molar-refractivity contribution >= 4 is 16.9 Å². The molecule has 5 rings (SSSR count). The Morgan fingerprint density at radius 2 is 1.93 bits per heavy atom. The lowest BCUT2D eigenvalue weighted by Crippen LogP contribution is -2.09. The first-order chi connectivity index (χ1) is 14.7. The lowest BCUT2D eigenvalue weighted by atomic mass is 10.00. The van der Waals surface area contributed by atoms with E-state index in [0.717, 1.165) is 23.4 Å². The van der Waals surface area contributed by atoms with E-state index in [4.69, 9.17) is 4.74 Å². The van der Waals surface area contributed by atoms with Gasteiger partial charge in [0.2, 0.25) is 0 Å². The first-order valence-electron chi connectivity index (χ1n) is 10.4. The molecule has 0 bridgehead atoms. The van der Waals surface area contributed by atoms with Gasteiger partial charge < -0.3 is 9.30 Å². The van der Waals surface area contributed by atoms with Crippen LogP contribution in [0.25, 0.3) is 10.9 Å². The number of carbonyl (C=O) groups excluding carboxylic acids is 1. The van der Waals surface area contributed by atoms with Gasteiger partial charge in [0.25, 0.3) is 0 Å². The monoisotopic (exact) mass is 396 g/mol. The zero-order chi connectivity index (χ0) is 20.5. The molecule has 0 saturated heterocycles. The van der Waals surface area contributed by atoms with E-state index in [2.05, 4.69) is 64.3 Å². The fourth-order valence-corrected chi connectivity index (χ4v) is 4.12. The second-order valence-corrected chi connectivity index (χ2v) is 7.98. The molecule has 4 heteroatoms. The molecule has 2 heterocycles. The van der Waals surface area contributed by atoms with Crippen LogP contribution < -0.4 is 0 Å². The molecule has 0 atom stereocenters. The average molecular weight is 396 g/mol. The minimum atomic E-state index is -0.311. The summed E-state index contributed by atoms with van der Waals surface area (Å²) in [5.41, 5.74) is 6.12. The molecule has 0 radical (unpaired) electrons. The molecular weight excluding hydrogens is 372 g/mol. The molecule has 0 aliphatic heterocycles. The number of methoxy groups -OCH3 is 1. The highest BCUT2D eigenvalue weighted by atomic mass is 16.5. The van der Waals surface area contributed by atoms with E-state index in [0.29, 0.717) is 17.9 Å². The number of benzene rings is 2. The third kappa shape index (κ3) is 3.61. The van der Waals surface area contributed by atoms with Crippen molar-refractivity contribution in [1.29, 1.82) is 0 Å². The zero-order valence-corrected chi connectivity index (χ0v) is 17.0. The van der Waals surface area contributed by atoms with E-state index < -0.39 is 0 Å². The molecule has 1 fully saturated rings. The maximum Gasteiger partial charge on any atom is 0.339 e. The van der Waals surface area contributed by atoms with Gasteiger partial charge in [-0.25, -0.2) is 4.79 Å². The molecule has 30 heavy (non-hydrogen) atoms. The van der Waals surface area contributed by atoms with Gasteiger partial charge in [-0.1, -0.05) is 42.5 Å². The van der Waals surface area contributed by atoms with Crippen LogP contribution in [0.3, 0.4) is 0 Å². The Kier molecular flexibility index (Phi) is 4.83.